The third-order valence-electron chi connectivity index (χ3n) is 4.19. The van der Waals surface area contributed by atoms with Crippen molar-refractivity contribution in [1.82, 2.24) is 9.62 Å². The van der Waals surface area contributed by atoms with E-state index in [1.807, 2.05) is 4.90 Å². The summed E-state index contributed by atoms with van der Waals surface area (Å²) in [6.07, 6.45) is 3.51. The lowest BCUT2D eigenvalue weighted by atomic mass is 10.1. The first-order chi connectivity index (χ1) is 12.8. The van der Waals surface area contributed by atoms with Crippen LogP contribution in [0.5, 0.6) is 0 Å². The molecule has 1 amide bonds. The molecule has 0 radical (unpaired) electrons. The van der Waals surface area contributed by atoms with Crippen molar-refractivity contribution in [2.45, 2.75) is 17.7 Å². The summed E-state index contributed by atoms with van der Waals surface area (Å²) in [5.74, 6) is -1.19. The highest BCUT2D eigenvalue weighted by Crippen LogP contribution is 2.28. The molecule has 1 saturated heterocycles. The molecule has 1 fully saturated rings. The number of anilines is 1. The van der Waals surface area contributed by atoms with Crippen LogP contribution in [0.15, 0.2) is 35.7 Å². The van der Waals surface area contributed by atoms with Gasteiger partial charge in [0.1, 0.15) is 0 Å². The Morgan fingerprint density at radius 3 is 2.56 bits per heavy atom. The van der Waals surface area contributed by atoms with E-state index in [0.29, 0.717) is 5.69 Å². The van der Waals surface area contributed by atoms with Crippen LogP contribution >= 0.6 is 0 Å². The first kappa shape index (κ1) is 20.9. The van der Waals surface area contributed by atoms with E-state index < -0.39 is 28.5 Å². The molecule has 0 bridgehead atoms. The van der Waals surface area contributed by atoms with Gasteiger partial charge in [0.25, 0.3) is 5.91 Å². The van der Waals surface area contributed by atoms with E-state index in [1.165, 1.54) is 32.3 Å². The maximum absolute atomic E-state index is 12.6. The van der Waals surface area contributed by atoms with Gasteiger partial charge in [-0.05, 0) is 31.0 Å². The number of nitrogens with one attached hydrogen (secondary N) is 1. The van der Waals surface area contributed by atoms with Gasteiger partial charge in [-0.3, -0.25) is 4.79 Å². The Kier molecular flexibility index (Phi) is 6.98. The van der Waals surface area contributed by atoms with E-state index in [9.17, 15) is 18.0 Å². The van der Waals surface area contributed by atoms with E-state index in [4.69, 9.17) is 4.74 Å². The lowest BCUT2D eigenvalue weighted by Crippen LogP contribution is -2.29. The van der Waals surface area contributed by atoms with Gasteiger partial charge in [0.15, 0.2) is 6.61 Å². The Morgan fingerprint density at radius 1 is 1.30 bits per heavy atom. The molecule has 9 heteroatoms. The molecule has 1 aromatic carbocycles. The number of hydrogen-bond acceptors (Lipinski definition) is 6. The summed E-state index contributed by atoms with van der Waals surface area (Å²) >= 11 is 0. The maximum Gasteiger partial charge on any atom is 0.340 e. The Morgan fingerprint density at radius 2 is 1.96 bits per heavy atom. The predicted molar refractivity (Wildman–Crippen MR) is 102 cm³/mol. The second kappa shape index (κ2) is 9.01. The minimum Gasteiger partial charge on any atom is -0.452 e. The van der Waals surface area contributed by atoms with E-state index in [2.05, 4.69) is 11.9 Å². The maximum atomic E-state index is 12.6. The van der Waals surface area contributed by atoms with Crippen molar-refractivity contribution in [3.8, 4) is 0 Å². The number of benzene rings is 1. The van der Waals surface area contributed by atoms with E-state index in [0.717, 1.165) is 30.2 Å². The molecule has 0 aliphatic carbocycles. The highest BCUT2D eigenvalue weighted by atomic mass is 32.2. The summed E-state index contributed by atoms with van der Waals surface area (Å²) in [6, 6.07) is 4.42. The number of hydrogen-bond donors (Lipinski definition) is 1. The SMILES string of the molecule is C=CCNC(=O)COC(=O)c1cc(S(=O)(=O)N(C)C)ccc1N1CCCC1. The monoisotopic (exact) mass is 395 g/mol. The van der Waals surface area contributed by atoms with Gasteiger partial charge >= 0.3 is 5.97 Å². The van der Waals surface area contributed by atoms with Gasteiger partial charge in [0.05, 0.1) is 16.1 Å². The average molecular weight is 395 g/mol. The number of ether oxygens (including phenoxy) is 1. The molecule has 0 atom stereocenters. The van der Waals surface area contributed by atoms with Crippen molar-refractivity contribution in [3.05, 3.63) is 36.4 Å². The van der Waals surface area contributed by atoms with Gasteiger partial charge in [-0.2, -0.15) is 0 Å². The molecule has 1 N–H and O–H groups in total. The third-order valence-corrected chi connectivity index (χ3v) is 6.00. The highest BCUT2D eigenvalue weighted by Gasteiger charge is 2.25. The van der Waals surface area contributed by atoms with Gasteiger partial charge in [-0.1, -0.05) is 6.08 Å². The van der Waals surface area contributed by atoms with Crippen LogP contribution in [0.4, 0.5) is 5.69 Å². The van der Waals surface area contributed by atoms with E-state index in [-0.39, 0.29) is 17.0 Å². The van der Waals surface area contributed by atoms with E-state index in [1.54, 1.807) is 6.07 Å². The number of rotatable bonds is 8. The second-order valence-corrected chi connectivity index (χ2v) is 8.48. The summed E-state index contributed by atoms with van der Waals surface area (Å²) in [7, 11) is -0.855. The molecule has 1 aromatic rings. The standard InChI is InChI=1S/C18H25N3O5S/c1-4-9-19-17(22)13-26-18(23)15-12-14(27(24,25)20(2)3)7-8-16(15)21-10-5-6-11-21/h4,7-8,12H,1,5-6,9-11,13H2,2-3H3,(H,19,22). The fourth-order valence-corrected chi connectivity index (χ4v) is 3.66. The summed E-state index contributed by atoms with van der Waals surface area (Å²) < 4.78 is 31.0. The fraction of sp³-hybridized carbons (Fsp3) is 0.444. The van der Waals surface area contributed by atoms with Crippen LogP contribution in [0, 0.1) is 0 Å². The highest BCUT2D eigenvalue weighted by molar-refractivity contribution is 7.89. The molecule has 0 spiro atoms. The average Bonchev–Trinajstić information content (AvgIpc) is 3.18. The van der Waals surface area contributed by atoms with Crippen LogP contribution in [0.2, 0.25) is 0 Å². The predicted octanol–water partition coefficient (Wildman–Crippen LogP) is 0.996. The molecular formula is C18H25N3O5S. The number of sulfonamides is 1. The fourth-order valence-electron chi connectivity index (χ4n) is 2.73. The van der Waals surface area contributed by atoms with E-state index >= 15 is 0 Å². The quantitative estimate of drug-likeness (QED) is 0.521. The van der Waals surface area contributed by atoms with Gasteiger partial charge in [0, 0.05) is 33.7 Å². The molecule has 8 nitrogen and oxygen atoms in total. The first-order valence-electron chi connectivity index (χ1n) is 8.63. The lowest BCUT2D eigenvalue weighted by molar-refractivity contribution is -0.124. The van der Waals surface area contributed by atoms with Crippen LogP contribution in [-0.2, 0) is 19.6 Å². The molecule has 0 unspecified atom stereocenters. The zero-order valence-electron chi connectivity index (χ0n) is 15.6. The molecule has 1 aliphatic rings. The number of amides is 1. The lowest BCUT2D eigenvalue weighted by Gasteiger charge is -2.22. The molecule has 0 saturated carbocycles. The van der Waals surface area contributed by atoms with Gasteiger partial charge < -0.3 is 15.0 Å². The first-order valence-corrected chi connectivity index (χ1v) is 10.1. The molecule has 0 aromatic heterocycles. The largest absolute Gasteiger partial charge is 0.452 e. The minimum atomic E-state index is -3.70. The van der Waals surface area contributed by atoms with Crippen molar-refractivity contribution in [1.29, 1.82) is 0 Å². The minimum absolute atomic E-state index is 0.00138. The Labute approximate surface area is 159 Å². The normalized spacial score (nSPS) is 14.3. The molecular weight excluding hydrogens is 370 g/mol. The smallest absolute Gasteiger partial charge is 0.340 e. The third kappa shape index (κ3) is 5.08. The van der Waals surface area contributed by atoms with Crippen LogP contribution < -0.4 is 10.2 Å². The van der Waals surface area contributed by atoms with Crippen LogP contribution in [0.3, 0.4) is 0 Å². The van der Waals surface area contributed by atoms with Gasteiger partial charge in [0.2, 0.25) is 10.0 Å². The van der Waals surface area contributed by atoms with Crippen molar-refractivity contribution >= 4 is 27.6 Å². The number of esters is 1. The zero-order chi connectivity index (χ0) is 20.0. The number of carbonyl (C=O) groups excluding carboxylic acids is 2. The summed E-state index contributed by atoms with van der Waals surface area (Å²) in [4.78, 5) is 26.3. The van der Waals surface area contributed by atoms with Crippen molar-refractivity contribution in [2.75, 3.05) is 45.2 Å². The molecule has 2 rings (SSSR count). The number of carbonyl (C=O) groups is 2. The van der Waals surface area contributed by atoms with Crippen molar-refractivity contribution < 1.29 is 22.7 Å². The Bertz CT molecular complexity index is 814. The van der Waals surface area contributed by atoms with Crippen molar-refractivity contribution in [3.63, 3.8) is 0 Å². The van der Waals surface area contributed by atoms with Crippen LogP contribution in [-0.4, -0.2) is 64.9 Å². The summed E-state index contributed by atoms with van der Waals surface area (Å²) in [5.41, 5.74) is 0.748. The molecule has 148 valence electrons. The van der Waals surface area contributed by atoms with Gasteiger partial charge in [-0.15, -0.1) is 6.58 Å². The Balaban J connectivity index is 2.30. The van der Waals surface area contributed by atoms with Crippen molar-refractivity contribution in [2.24, 2.45) is 0 Å². The topological polar surface area (TPSA) is 96.0 Å². The Hall–Kier alpha value is -2.39. The molecule has 27 heavy (non-hydrogen) atoms. The van der Waals surface area contributed by atoms with Gasteiger partial charge in [-0.25, -0.2) is 17.5 Å². The summed E-state index contributed by atoms with van der Waals surface area (Å²) in [5, 5.41) is 2.51. The molecule has 1 aliphatic heterocycles. The zero-order valence-corrected chi connectivity index (χ0v) is 16.4. The molecule has 1 heterocycles. The van der Waals surface area contributed by atoms with Crippen LogP contribution in [0.25, 0.3) is 0 Å². The second-order valence-electron chi connectivity index (χ2n) is 6.33. The summed E-state index contributed by atoms with van der Waals surface area (Å²) in [6.45, 7) is 4.87. The van der Waals surface area contributed by atoms with Crippen LogP contribution in [0.1, 0.15) is 23.2 Å². The number of nitrogens with zero attached hydrogens (tertiary/aromatic N) is 2.